The molecule has 1 aromatic carbocycles. The van der Waals surface area contributed by atoms with Crippen molar-refractivity contribution in [2.75, 3.05) is 13.1 Å². The van der Waals surface area contributed by atoms with E-state index in [2.05, 4.69) is 5.32 Å². The fourth-order valence-corrected chi connectivity index (χ4v) is 2.84. The van der Waals surface area contributed by atoms with Crippen molar-refractivity contribution in [1.29, 1.82) is 0 Å². The summed E-state index contributed by atoms with van der Waals surface area (Å²) in [5.74, 6) is -0.160. The minimum atomic E-state index is -0.576. The lowest BCUT2D eigenvalue weighted by molar-refractivity contribution is -0.132. The Labute approximate surface area is 135 Å². The first-order valence-corrected chi connectivity index (χ1v) is 7.91. The van der Waals surface area contributed by atoms with Gasteiger partial charge < -0.3 is 14.6 Å². The van der Waals surface area contributed by atoms with Crippen LogP contribution in [0, 0.1) is 0 Å². The molecule has 0 aliphatic carbocycles. The molecule has 23 heavy (non-hydrogen) atoms. The van der Waals surface area contributed by atoms with Crippen LogP contribution in [0.3, 0.4) is 0 Å². The van der Waals surface area contributed by atoms with E-state index in [0.717, 1.165) is 31.5 Å². The Balaban J connectivity index is 1.74. The van der Waals surface area contributed by atoms with Gasteiger partial charge in [-0.1, -0.05) is 30.3 Å². The lowest BCUT2D eigenvalue weighted by atomic mass is 10.0. The number of carbonyl (C=O) groups is 2. The second-order valence-electron chi connectivity index (χ2n) is 5.73. The SMILES string of the molecule is O=C(N[C@@H](Cc1ccccc1)C(=O)N1CCCC1)c1ccco1. The van der Waals surface area contributed by atoms with Crippen LogP contribution in [-0.4, -0.2) is 35.8 Å². The molecule has 1 N–H and O–H groups in total. The molecule has 1 saturated heterocycles. The van der Waals surface area contributed by atoms with Crippen molar-refractivity contribution in [3.8, 4) is 0 Å². The van der Waals surface area contributed by atoms with Gasteiger partial charge in [0.15, 0.2) is 5.76 Å². The molecule has 5 heteroatoms. The summed E-state index contributed by atoms with van der Waals surface area (Å²) < 4.78 is 5.11. The Morgan fingerprint density at radius 2 is 1.83 bits per heavy atom. The topological polar surface area (TPSA) is 62.6 Å². The summed E-state index contributed by atoms with van der Waals surface area (Å²) in [6, 6.07) is 12.4. The summed E-state index contributed by atoms with van der Waals surface area (Å²) in [5, 5.41) is 2.82. The molecule has 120 valence electrons. The van der Waals surface area contributed by atoms with Gasteiger partial charge in [-0.05, 0) is 30.5 Å². The van der Waals surface area contributed by atoms with Gasteiger partial charge >= 0.3 is 0 Å². The largest absolute Gasteiger partial charge is 0.459 e. The minimum Gasteiger partial charge on any atom is -0.459 e. The van der Waals surface area contributed by atoms with E-state index in [9.17, 15) is 9.59 Å². The quantitative estimate of drug-likeness (QED) is 0.921. The van der Waals surface area contributed by atoms with Gasteiger partial charge in [0.05, 0.1) is 6.26 Å². The van der Waals surface area contributed by atoms with Crippen LogP contribution >= 0.6 is 0 Å². The Kier molecular flexibility index (Phi) is 4.76. The van der Waals surface area contributed by atoms with Crippen molar-refractivity contribution < 1.29 is 14.0 Å². The van der Waals surface area contributed by atoms with Gasteiger partial charge in [-0.2, -0.15) is 0 Å². The molecule has 1 aromatic heterocycles. The fourth-order valence-electron chi connectivity index (χ4n) is 2.84. The number of carbonyl (C=O) groups excluding carboxylic acids is 2. The maximum absolute atomic E-state index is 12.7. The van der Waals surface area contributed by atoms with E-state index in [0.29, 0.717) is 6.42 Å². The van der Waals surface area contributed by atoms with Crippen molar-refractivity contribution in [3.05, 3.63) is 60.1 Å². The van der Waals surface area contributed by atoms with Crippen molar-refractivity contribution in [2.45, 2.75) is 25.3 Å². The molecule has 1 aliphatic heterocycles. The molecule has 0 bridgehead atoms. The number of nitrogens with one attached hydrogen (secondary N) is 1. The third-order valence-electron chi connectivity index (χ3n) is 4.05. The molecule has 3 rings (SSSR count). The normalized spacial score (nSPS) is 15.4. The monoisotopic (exact) mass is 312 g/mol. The van der Waals surface area contributed by atoms with E-state index in [1.165, 1.54) is 6.26 Å². The zero-order chi connectivity index (χ0) is 16.1. The molecule has 0 saturated carbocycles. The second-order valence-corrected chi connectivity index (χ2v) is 5.73. The highest BCUT2D eigenvalue weighted by atomic mass is 16.3. The smallest absolute Gasteiger partial charge is 0.287 e. The van der Waals surface area contributed by atoms with Gasteiger partial charge in [-0.15, -0.1) is 0 Å². The zero-order valence-electron chi connectivity index (χ0n) is 12.9. The van der Waals surface area contributed by atoms with Crippen molar-refractivity contribution >= 4 is 11.8 Å². The molecule has 1 aliphatic rings. The molecule has 0 spiro atoms. The van der Waals surface area contributed by atoms with Gasteiger partial charge in [0.1, 0.15) is 6.04 Å². The predicted octanol–water partition coefficient (Wildman–Crippen LogP) is 2.24. The van der Waals surface area contributed by atoms with Gasteiger partial charge in [0, 0.05) is 19.5 Å². The number of amides is 2. The van der Waals surface area contributed by atoms with Crippen LogP contribution in [0.25, 0.3) is 0 Å². The number of likely N-dealkylation sites (tertiary alicyclic amines) is 1. The molecule has 2 amide bonds. The standard InChI is InChI=1S/C18H20N2O3/c21-17(16-9-6-12-23-16)19-15(13-14-7-2-1-3-8-14)18(22)20-10-4-5-11-20/h1-3,6-9,12,15H,4-5,10-11,13H2,(H,19,21)/t15-/m0/s1. The van der Waals surface area contributed by atoms with Crippen LogP contribution in [0.5, 0.6) is 0 Å². The lowest BCUT2D eigenvalue weighted by Gasteiger charge is -2.24. The van der Waals surface area contributed by atoms with E-state index >= 15 is 0 Å². The Morgan fingerprint density at radius 3 is 2.48 bits per heavy atom. The van der Waals surface area contributed by atoms with Crippen molar-refractivity contribution in [3.63, 3.8) is 0 Å². The summed E-state index contributed by atoms with van der Waals surface area (Å²) >= 11 is 0. The van der Waals surface area contributed by atoms with E-state index in [-0.39, 0.29) is 17.6 Å². The van der Waals surface area contributed by atoms with Crippen LogP contribution in [0.2, 0.25) is 0 Å². The summed E-state index contributed by atoms with van der Waals surface area (Å²) in [6.45, 7) is 1.53. The summed E-state index contributed by atoms with van der Waals surface area (Å²) in [7, 11) is 0. The Bertz CT molecular complexity index is 646. The molecule has 0 radical (unpaired) electrons. The molecule has 1 atom stereocenters. The summed E-state index contributed by atoms with van der Waals surface area (Å²) in [6.07, 6.45) is 3.97. The minimum absolute atomic E-state index is 0.0220. The first-order chi connectivity index (χ1) is 11.2. The van der Waals surface area contributed by atoms with Crippen LogP contribution in [-0.2, 0) is 11.2 Å². The van der Waals surface area contributed by atoms with E-state index < -0.39 is 6.04 Å². The molecule has 5 nitrogen and oxygen atoms in total. The third-order valence-corrected chi connectivity index (χ3v) is 4.05. The van der Waals surface area contributed by atoms with Gasteiger partial charge in [0.2, 0.25) is 5.91 Å². The fraction of sp³-hybridized carbons (Fsp3) is 0.333. The summed E-state index contributed by atoms with van der Waals surface area (Å²) in [4.78, 5) is 26.8. The Morgan fingerprint density at radius 1 is 1.09 bits per heavy atom. The number of hydrogen-bond acceptors (Lipinski definition) is 3. The highest BCUT2D eigenvalue weighted by Gasteiger charge is 2.28. The number of rotatable bonds is 5. The van der Waals surface area contributed by atoms with E-state index in [1.54, 1.807) is 12.1 Å². The van der Waals surface area contributed by atoms with E-state index in [4.69, 9.17) is 4.42 Å². The molecule has 1 fully saturated rings. The molecular weight excluding hydrogens is 292 g/mol. The third kappa shape index (κ3) is 3.80. The van der Waals surface area contributed by atoms with Crippen LogP contribution in [0.4, 0.5) is 0 Å². The highest BCUT2D eigenvalue weighted by Crippen LogP contribution is 2.13. The average molecular weight is 312 g/mol. The van der Waals surface area contributed by atoms with Gasteiger partial charge in [-0.25, -0.2) is 0 Å². The molecular formula is C18H20N2O3. The summed E-state index contributed by atoms with van der Waals surface area (Å²) in [5.41, 5.74) is 1.02. The highest BCUT2D eigenvalue weighted by molar-refractivity contribution is 5.95. The zero-order valence-corrected chi connectivity index (χ0v) is 12.9. The number of furan rings is 1. The maximum atomic E-state index is 12.7. The first kappa shape index (κ1) is 15.3. The molecule has 2 aromatic rings. The lowest BCUT2D eigenvalue weighted by Crippen LogP contribution is -2.48. The predicted molar refractivity (Wildman–Crippen MR) is 85.9 cm³/mol. The number of benzene rings is 1. The van der Waals surface area contributed by atoms with Crippen molar-refractivity contribution in [1.82, 2.24) is 10.2 Å². The van der Waals surface area contributed by atoms with Crippen LogP contribution in [0.1, 0.15) is 29.0 Å². The average Bonchev–Trinajstić information content (AvgIpc) is 3.27. The van der Waals surface area contributed by atoms with Gasteiger partial charge in [0.25, 0.3) is 5.91 Å². The molecule has 2 heterocycles. The van der Waals surface area contributed by atoms with Gasteiger partial charge in [-0.3, -0.25) is 9.59 Å². The van der Waals surface area contributed by atoms with Crippen LogP contribution in [0.15, 0.2) is 53.1 Å². The van der Waals surface area contributed by atoms with Crippen molar-refractivity contribution in [2.24, 2.45) is 0 Å². The number of nitrogens with zero attached hydrogens (tertiary/aromatic N) is 1. The van der Waals surface area contributed by atoms with Crippen LogP contribution < -0.4 is 5.32 Å². The second kappa shape index (κ2) is 7.13. The molecule has 0 unspecified atom stereocenters. The number of hydrogen-bond donors (Lipinski definition) is 1. The Hall–Kier alpha value is -2.56. The maximum Gasteiger partial charge on any atom is 0.287 e. The van der Waals surface area contributed by atoms with E-state index in [1.807, 2.05) is 35.2 Å². The first-order valence-electron chi connectivity index (χ1n) is 7.91.